The maximum atomic E-state index is 14.6. The zero-order valence-corrected chi connectivity index (χ0v) is 47.2. The predicted octanol–water partition coefficient (Wildman–Crippen LogP) is 11.4. The number of nitrogens with one attached hydrogen (secondary N) is 3. The summed E-state index contributed by atoms with van der Waals surface area (Å²) in [5.41, 5.74) is 10.6. The smallest absolute Gasteiger partial charge is 0.413 e. The van der Waals surface area contributed by atoms with E-state index in [2.05, 4.69) is 46.1 Å². The third kappa shape index (κ3) is 17.2. The topological polar surface area (TPSA) is 304 Å². The Hall–Kier alpha value is -9.16. The largest absolute Gasteiger partial charge is 0.478 e. The van der Waals surface area contributed by atoms with Crippen molar-refractivity contribution in [2.45, 2.75) is 114 Å². The normalized spacial score (nSPS) is 10.9. The van der Waals surface area contributed by atoms with Crippen molar-refractivity contribution in [3.63, 3.8) is 0 Å². The molecule has 8 aromatic rings. The molecule has 428 valence electrons. The van der Waals surface area contributed by atoms with Crippen LogP contribution in [-0.4, -0.2) is 79.9 Å². The number of halogens is 4. The number of nitriles is 2. The van der Waals surface area contributed by atoms with Gasteiger partial charge in [0.05, 0.1) is 28.7 Å². The van der Waals surface area contributed by atoms with Gasteiger partial charge < -0.3 is 25.6 Å². The van der Waals surface area contributed by atoms with Crippen molar-refractivity contribution in [1.82, 2.24) is 44.8 Å². The predicted molar refractivity (Wildman–Crippen MR) is 305 cm³/mol. The van der Waals surface area contributed by atoms with Gasteiger partial charge in [0.15, 0.2) is 11.4 Å². The number of nitrogens with two attached hydrogens (primary N) is 1. The average Bonchev–Trinajstić information content (AvgIpc) is 4.14. The van der Waals surface area contributed by atoms with Gasteiger partial charge in [-0.1, -0.05) is 30.6 Å². The van der Waals surface area contributed by atoms with Crippen LogP contribution in [-0.2, 0) is 35.7 Å². The lowest BCUT2D eigenvalue weighted by Crippen LogP contribution is -2.28. The molecule has 0 fully saturated rings. The van der Waals surface area contributed by atoms with E-state index in [0.29, 0.717) is 55.8 Å². The van der Waals surface area contributed by atoms with E-state index in [-0.39, 0.29) is 60.6 Å². The van der Waals surface area contributed by atoms with E-state index < -0.39 is 46.9 Å². The molecular formula is C57H60Cl2F2N14O7. The molecule has 6 aromatic heterocycles. The molecular weight excluding hydrogens is 1100 g/mol. The molecule has 0 aliphatic carbocycles. The van der Waals surface area contributed by atoms with E-state index in [1.807, 2.05) is 47.6 Å². The quantitative estimate of drug-likeness (QED) is 0.0804. The minimum absolute atomic E-state index is 0. The fourth-order valence-electron chi connectivity index (χ4n) is 8.02. The van der Waals surface area contributed by atoms with Crippen LogP contribution in [0, 0.1) is 62.0 Å². The van der Waals surface area contributed by atoms with Crippen LogP contribution < -0.4 is 21.7 Å². The molecule has 3 amide bonds. The van der Waals surface area contributed by atoms with E-state index in [1.54, 1.807) is 70.2 Å². The molecule has 6 heterocycles. The van der Waals surface area contributed by atoms with Crippen molar-refractivity contribution in [2.75, 3.05) is 10.6 Å². The van der Waals surface area contributed by atoms with Crippen LogP contribution >= 0.6 is 23.2 Å². The molecule has 2 aromatic carbocycles. The summed E-state index contributed by atoms with van der Waals surface area (Å²) in [6, 6.07) is 16.4. The number of aromatic nitrogens is 8. The Bertz CT molecular complexity index is 3780. The number of amides is 3. The van der Waals surface area contributed by atoms with E-state index in [0.717, 1.165) is 27.9 Å². The number of aryl methyl sites for hydroxylation is 4. The number of carboxylic acids is 1. The van der Waals surface area contributed by atoms with Crippen LogP contribution in [0.4, 0.5) is 30.0 Å². The Morgan fingerprint density at radius 2 is 1.09 bits per heavy atom. The fraction of sp³-hybridized carbons (Fsp3) is 0.298. The first-order valence-electron chi connectivity index (χ1n) is 24.6. The summed E-state index contributed by atoms with van der Waals surface area (Å²) in [6.07, 6.45) is 4.29. The molecule has 0 saturated heterocycles. The number of nitrogens with zero attached hydrogens (tertiary/aromatic N) is 10. The number of carbonyl (C=O) groups is 4. The second-order valence-corrected chi connectivity index (χ2v) is 21.1. The van der Waals surface area contributed by atoms with Gasteiger partial charge in [0, 0.05) is 60.0 Å². The molecule has 0 aliphatic heterocycles. The third-order valence-corrected chi connectivity index (χ3v) is 11.8. The SMILES string of the molecule is C.Cc1cc(NC(=O)OC(C)(C)C)nc(C)c1CN.Cc1cc(NC(=O)OC(C)(C)C)nc(C)c1CNC(=O)c1cn(Cc2cc(F)c3ncc(Cl)cc3c2)nc1C#N.N#Cc1nn(Cc2cc(F)c3ncc(Cl)cc3c2)cc1C(=O)O. The molecule has 82 heavy (non-hydrogen) atoms. The highest BCUT2D eigenvalue weighted by Gasteiger charge is 2.22. The summed E-state index contributed by atoms with van der Waals surface area (Å²) in [6.45, 7) is 19.0. The van der Waals surface area contributed by atoms with Crippen molar-refractivity contribution in [3.8, 4) is 12.1 Å². The van der Waals surface area contributed by atoms with Crippen LogP contribution in [0.5, 0.6) is 0 Å². The second-order valence-electron chi connectivity index (χ2n) is 20.2. The number of carboxylic acid groups (broad SMARTS) is 1. The Morgan fingerprint density at radius 3 is 1.46 bits per heavy atom. The number of hydrogen-bond acceptors (Lipinski definition) is 15. The Labute approximate surface area is 481 Å². The molecule has 0 bridgehead atoms. The summed E-state index contributed by atoms with van der Waals surface area (Å²) in [5.74, 6) is -1.96. The summed E-state index contributed by atoms with van der Waals surface area (Å²) in [5, 5.41) is 45.4. The number of carbonyl (C=O) groups excluding carboxylic acids is 3. The number of rotatable bonds is 11. The van der Waals surface area contributed by atoms with Gasteiger partial charge in [-0.2, -0.15) is 20.7 Å². The maximum Gasteiger partial charge on any atom is 0.413 e. The van der Waals surface area contributed by atoms with Crippen LogP contribution in [0.1, 0.15) is 126 Å². The number of anilines is 2. The van der Waals surface area contributed by atoms with Crippen molar-refractivity contribution < 1.29 is 42.5 Å². The van der Waals surface area contributed by atoms with Gasteiger partial charge in [0.2, 0.25) is 0 Å². The average molecular weight is 1160 g/mol. The number of pyridine rings is 4. The lowest BCUT2D eigenvalue weighted by Gasteiger charge is -2.20. The first-order chi connectivity index (χ1) is 38.0. The third-order valence-electron chi connectivity index (χ3n) is 11.4. The minimum atomic E-state index is -1.24. The second kappa shape index (κ2) is 26.9. The summed E-state index contributed by atoms with van der Waals surface area (Å²) >= 11 is 11.9. The monoisotopic (exact) mass is 1160 g/mol. The van der Waals surface area contributed by atoms with Crippen LogP contribution in [0.25, 0.3) is 21.8 Å². The molecule has 0 spiro atoms. The number of ether oxygens (including phenoxy) is 2. The summed E-state index contributed by atoms with van der Waals surface area (Å²) in [4.78, 5) is 64.4. The van der Waals surface area contributed by atoms with Gasteiger partial charge in [-0.25, -0.2) is 33.1 Å². The van der Waals surface area contributed by atoms with E-state index in [1.165, 1.54) is 46.3 Å². The molecule has 0 saturated carbocycles. The van der Waals surface area contributed by atoms with E-state index >= 15 is 0 Å². The Kier molecular flexibility index (Phi) is 20.9. The van der Waals surface area contributed by atoms with Gasteiger partial charge in [-0.15, -0.1) is 0 Å². The standard InChI is InChI=1S/C28H27ClFN7O3.C15H8ClFN4O2.C13H21N3O2.CH4/c1-15-6-24(35-27(39)40-28(3,4)5)34-16(2)20(15)12-33-26(38)21-14-37(36-23(21)10-31)13-17-7-18-9-19(29)11-32-25(18)22(30)8-17;16-10-3-9-1-8(2-12(17)14(9)19-5-10)6-21-7-11(15(22)23)13(4-18)20-21;1-8-6-11(15-9(2)10(8)7-14)16-12(17)18-13(3,4)5;/h6-9,11,14H,12-13H2,1-5H3,(H,33,38)(H,34,35,39);1-3,5,7H,6H2,(H,22,23);6H,7,14H2,1-5H3,(H,15,16,17);1H4. The number of aromatic carboxylic acids is 1. The zero-order valence-electron chi connectivity index (χ0n) is 45.7. The van der Waals surface area contributed by atoms with Gasteiger partial charge in [-0.05, 0) is 151 Å². The highest BCUT2D eigenvalue weighted by atomic mass is 35.5. The van der Waals surface area contributed by atoms with Gasteiger partial charge in [0.1, 0.15) is 63.2 Å². The van der Waals surface area contributed by atoms with E-state index in [9.17, 15) is 33.2 Å². The van der Waals surface area contributed by atoms with Gasteiger partial charge in [-0.3, -0.25) is 34.8 Å². The number of fused-ring (bicyclic) bond motifs is 2. The first-order valence-corrected chi connectivity index (χ1v) is 25.4. The Morgan fingerprint density at radius 1 is 0.671 bits per heavy atom. The molecule has 21 nitrogen and oxygen atoms in total. The molecule has 0 radical (unpaired) electrons. The van der Waals surface area contributed by atoms with Crippen molar-refractivity contribution in [2.24, 2.45) is 5.73 Å². The van der Waals surface area contributed by atoms with Crippen molar-refractivity contribution >= 4 is 80.7 Å². The highest BCUT2D eigenvalue weighted by molar-refractivity contribution is 6.31. The fourth-order valence-corrected chi connectivity index (χ4v) is 8.36. The molecule has 25 heteroatoms. The summed E-state index contributed by atoms with van der Waals surface area (Å²) in [7, 11) is 0. The minimum Gasteiger partial charge on any atom is -0.478 e. The van der Waals surface area contributed by atoms with Crippen LogP contribution in [0.15, 0.2) is 73.3 Å². The Balaban J connectivity index is 0.000000248. The highest BCUT2D eigenvalue weighted by Crippen LogP contribution is 2.25. The zero-order chi connectivity index (χ0) is 59.7. The lowest BCUT2D eigenvalue weighted by atomic mass is 10.1. The van der Waals surface area contributed by atoms with Gasteiger partial charge in [0.25, 0.3) is 5.91 Å². The number of hydrogen-bond donors (Lipinski definition) is 5. The van der Waals surface area contributed by atoms with Crippen LogP contribution in [0.3, 0.4) is 0 Å². The lowest BCUT2D eigenvalue weighted by molar-refractivity contribution is 0.0624. The van der Waals surface area contributed by atoms with Crippen LogP contribution in [0.2, 0.25) is 10.0 Å². The van der Waals surface area contributed by atoms with Crippen molar-refractivity contribution in [1.29, 1.82) is 10.5 Å². The first kappa shape index (κ1) is 63.7. The molecule has 0 aliphatic rings. The molecule has 0 unspecified atom stereocenters. The maximum absolute atomic E-state index is 14.6. The molecule has 8 rings (SSSR count). The van der Waals surface area contributed by atoms with Crippen molar-refractivity contribution in [3.05, 3.63) is 162 Å². The molecule has 0 atom stereocenters. The molecule has 6 N–H and O–H groups in total. The van der Waals surface area contributed by atoms with E-state index in [4.69, 9.17) is 48.8 Å². The summed E-state index contributed by atoms with van der Waals surface area (Å²) < 4.78 is 41.7. The number of benzene rings is 2. The van der Waals surface area contributed by atoms with Gasteiger partial charge >= 0.3 is 18.2 Å².